The molecule has 70 valence electrons. The minimum Gasteiger partial charge on any atom is -0.265 e. The Balaban J connectivity index is 2.42. The maximum absolute atomic E-state index is 4.22. The van der Waals surface area contributed by atoms with Crippen molar-refractivity contribution in [3.8, 4) is 11.1 Å². The van der Waals surface area contributed by atoms with E-state index in [0.29, 0.717) is 0 Å². The summed E-state index contributed by atoms with van der Waals surface area (Å²) in [5, 5.41) is 0.784. The predicted molar refractivity (Wildman–Crippen MR) is 60.1 cm³/mol. The van der Waals surface area contributed by atoms with Crippen LogP contribution in [-0.2, 0) is 5.33 Å². The van der Waals surface area contributed by atoms with Crippen molar-refractivity contribution in [1.29, 1.82) is 0 Å². The topological polar surface area (TPSA) is 25.8 Å². The van der Waals surface area contributed by atoms with E-state index in [1.807, 2.05) is 24.4 Å². The van der Waals surface area contributed by atoms with Crippen molar-refractivity contribution < 1.29 is 0 Å². The number of hydrogen-bond acceptors (Lipinski definition) is 2. The highest BCUT2D eigenvalue weighted by atomic mass is 79.9. The van der Waals surface area contributed by atoms with Crippen LogP contribution in [0.5, 0.6) is 0 Å². The van der Waals surface area contributed by atoms with Gasteiger partial charge in [-0.2, -0.15) is 0 Å². The molecule has 0 N–H and O–H groups in total. The molecule has 0 amide bonds. The van der Waals surface area contributed by atoms with Crippen molar-refractivity contribution in [3.63, 3.8) is 0 Å². The Bertz CT molecular complexity index is 415. The van der Waals surface area contributed by atoms with Gasteiger partial charge in [0.2, 0.25) is 0 Å². The van der Waals surface area contributed by atoms with E-state index in [4.69, 9.17) is 0 Å². The van der Waals surface area contributed by atoms with Crippen molar-refractivity contribution >= 4 is 15.9 Å². The van der Waals surface area contributed by atoms with E-state index >= 15 is 0 Å². The molecule has 2 aromatic heterocycles. The van der Waals surface area contributed by atoms with Gasteiger partial charge < -0.3 is 0 Å². The average Bonchev–Trinajstić information content (AvgIpc) is 2.30. The van der Waals surface area contributed by atoms with Crippen molar-refractivity contribution in [3.05, 3.63) is 48.5 Å². The quantitative estimate of drug-likeness (QED) is 0.764. The lowest BCUT2D eigenvalue weighted by Crippen LogP contribution is -1.85. The van der Waals surface area contributed by atoms with Crippen molar-refractivity contribution in [2.24, 2.45) is 0 Å². The molecule has 0 aliphatic heterocycles. The summed E-state index contributed by atoms with van der Waals surface area (Å²) in [6.45, 7) is 0. The predicted octanol–water partition coefficient (Wildman–Crippen LogP) is 3.04. The Morgan fingerprint density at radius 2 is 1.71 bits per heavy atom. The maximum atomic E-state index is 4.22. The standard InChI is InChI=1S/C11H9BrN2/c12-8-11-7-10(3-6-14-11)9-1-4-13-5-2-9/h1-7H,8H2. The maximum Gasteiger partial charge on any atom is 0.0515 e. The molecule has 2 heterocycles. The first-order chi connectivity index (χ1) is 6.90. The highest BCUT2D eigenvalue weighted by Gasteiger charge is 1.98. The molecule has 0 saturated carbocycles. The Kier molecular flexibility index (Phi) is 2.89. The average molecular weight is 249 g/mol. The van der Waals surface area contributed by atoms with E-state index < -0.39 is 0 Å². The molecule has 0 radical (unpaired) electrons. The Morgan fingerprint density at radius 3 is 2.43 bits per heavy atom. The second kappa shape index (κ2) is 4.33. The second-order valence-electron chi connectivity index (χ2n) is 2.91. The number of aromatic nitrogens is 2. The van der Waals surface area contributed by atoms with Crippen LogP contribution in [-0.4, -0.2) is 9.97 Å². The fraction of sp³-hybridized carbons (Fsp3) is 0.0909. The zero-order valence-corrected chi connectivity index (χ0v) is 9.11. The van der Waals surface area contributed by atoms with E-state index in [-0.39, 0.29) is 0 Å². The van der Waals surface area contributed by atoms with Crippen molar-refractivity contribution in [2.45, 2.75) is 5.33 Å². The lowest BCUT2D eigenvalue weighted by molar-refractivity contribution is 1.19. The van der Waals surface area contributed by atoms with Gasteiger partial charge in [-0.3, -0.25) is 9.97 Å². The minimum absolute atomic E-state index is 0.784. The van der Waals surface area contributed by atoms with Gasteiger partial charge in [0.25, 0.3) is 0 Å². The lowest BCUT2D eigenvalue weighted by Gasteiger charge is -2.01. The van der Waals surface area contributed by atoms with Gasteiger partial charge in [-0.05, 0) is 35.4 Å². The summed E-state index contributed by atoms with van der Waals surface area (Å²) in [7, 11) is 0. The number of nitrogens with zero attached hydrogens (tertiary/aromatic N) is 2. The van der Waals surface area contributed by atoms with Crippen LogP contribution in [0.4, 0.5) is 0 Å². The number of pyridine rings is 2. The fourth-order valence-electron chi connectivity index (χ4n) is 1.28. The first kappa shape index (κ1) is 9.34. The normalized spacial score (nSPS) is 10.1. The number of alkyl halides is 1. The molecule has 0 saturated heterocycles. The summed E-state index contributed by atoms with van der Waals surface area (Å²) < 4.78 is 0. The first-order valence-electron chi connectivity index (χ1n) is 4.31. The molecule has 0 aromatic carbocycles. The van der Waals surface area contributed by atoms with Crippen LogP contribution in [0.1, 0.15) is 5.69 Å². The van der Waals surface area contributed by atoms with Gasteiger partial charge in [-0.15, -0.1) is 0 Å². The molecule has 0 aliphatic carbocycles. The number of halogens is 1. The van der Waals surface area contributed by atoms with Crippen LogP contribution < -0.4 is 0 Å². The fourth-order valence-corrected chi connectivity index (χ4v) is 1.58. The first-order valence-corrected chi connectivity index (χ1v) is 5.43. The second-order valence-corrected chi connectivity index (χ2v) is 3.47. The van der Waals surface area contributed by atoms with Crippen LogP contribution in [0.25, 0.3) is 11.1 Å². The largest absolute Gasteiger partial charge is 0.265 e. The highest BCUT2D eigenvalue weighted by Crippen LogP contribution is 2.18. The highest BCUT2D eigenvalue weighted by molar-refractivity contribution is 9.08. The summed E-state index contributed by atoms with van der Waals surface area (Å²) in [4.78, 5) is 8.21. The van der Waals surface area contributed by atoms with Crippen LogP contribution in [0.15, 0.2) is 42.9 Å². The van der Waals surface area contributed by atoms with Gasteiger partial charge in [0, 0.05) is 23.9 Å². The SMILES string of the molecule is BrCc1cc(-c2ccncc2)ccn1. The Hall–Kier alpha value is -1.22. The molecule has 0 atom stereocenters. The summed E-state index contributed by atoms with van der Waals surface area (Å²) in [6.07, 6.45) is 5.42. The van der Waals surface area contributed by atoms with Crippen LogP contribution in [0.3, 0.4) is 0 Å². The number of rotatable bonds is 2. The van der Waals surface area contributed by atoms with E-state index in [0.717, 1.165) is 11.0 Å². The summed E-state index contributed by atoms with van der Waals surface area (Å²) in [5.74, 6) is 0. The van der Waals surface area contributed by atoms with Gasteiger partial charge in [-0.25, -0.2) is 0 Å². The van der Waals surface area contributed by atoms with Gasteiger partial charge >= 0.3 is 0 Å². The third-order valence-corrected chi connectivity index (χ3v) is 2.54. The monoisotopic (exact) mass is 248 g/mol. The van der Waals surface area contributed by atoms with E-state index in [2.05, 4.69) is 32.0 Å². The molecule has 0 unspecified atom stereocenters. The molecule has 3 heteroatoms. The summed E-state index contributed by atoms with van der Waals surface area (Å²) in [5.41, 5.74) is 3.39. The third-order valence-electron chi connectivity index (χ3n) is 1.97. The molecule has 0 aliphatic rings. The van der Waals surface area contributed by atoms with Crippen molar-refractivity contribution in [1.82, 2.24) is 9.97 Å². The minimum atomic E-state index is 0.784. The number of hydrogen-bond donors (Lipinski definition) is 0. The zero-order valence-electron chi connectivity index (χ0n) is 7.52. The van der Waals surface area contributed by atoms with E-state index in [1.165, 1.54) is 11.1 Å². The molecular weight excluding hydrogens is 240 g/mol. The van der Waals surface area contributed by atoms with Crippen molar-refractivity contribution in [2.75, 3.05) is 0 Å². The van der Waals surface area contributed by atoms with Crippen LogP contribution in [0.2, 0.25) is 0 Å². The van der Waals surface area contributed by atoms with Gasteiger partial charge in [0.15, 0.2) is 0 Å². The Morgan fingerprint density at radius 1 is 1.00 bits per heavy atom. The molecule has 0 bridgehead atoms. The summed E-state index contributed by atoms with van der Waals surface area (Å²) >= 11 is 3.39. The molecule has 14 heavy (non-hydrogen) atoms. The van der Waals surface area contributed by atoms with Gasteiger partial charge in [0.05, 0.1) is 5.69 Å². The Labute approximate surface area is 91.2 Å². The van der Waals surface area contributed by atoms with Gasteiger partial charge in [-0.1, -0.05) is 15.9 Å². The van der Waals surface area contributed by atoms with Crippen LogP contribution in [0, 0.1) is 0 Å². The molecule has 0 fully saturated rings. The molecule has 0 spiro atoms. The zero-order chi connectivity index (χ0) is 9.80. The molecule has 2 aromatic rings. The lowest BCUT2D eigenvalue weighted by atomic mass is 10.1. The van der Waals surface area contributed by atoms with Gasteiger partial charge in [0.1, 0.15) is 0 Å². The smallest absolute Gasteiger partial charge is 0.0515 e. The van der Waals surface area contributed by atoms with E-state index in [9.17, 15) is 0 Å². The molecule has 2 rings (SSSR count). The third kappa shape index (κ3) is 1.99. The van der Waals surface area contributed by atoms with Crippen LogP contribution >= 0.6 is 15.9 Å². The van der Waals surface area contributed by atoms with E-state index in [1.54, 1.807) is 12.4 Å². The molecule has 2 nitrogen and oxygen atoms in total. The summed E-state index contributed by atoms with van der Waals surface area (Å²) in [6, 6.07) is 8.06. The molecular formula is C11H9BrN2.